The second kappa shape index (κ2) is 3.53. The van der Waals surface area contributed by atoms with Gasteiger partial charge in [-0.1, -0.05) is 0 Å². The maximum absolute atomic E-state index is 7.23. The Morgan fingerprint density at radius 1 is 1.40 bits per heavy atom. The third-order valence-corrected chi connectivity index (χ3v) is 2.02. The molecule has 0 atom stereocenters. The number of nitrogen functional groups attached to an aromatic ring is 1. The van der Waals surface area contributed by atoms with Crippen molar-refractivity contribution >= 4 is 5.84 Å². The molecule has 2 heterocycles. The summed E-state index contributed by atoms with van der Waals surface area (Å²) < 4.78 is 1.68. The van der Waals surface area contributed by atoms with Gasteiger partial charge in [-0.05, 0) is 25.1 Å². The summed E-state index contributed by atoms with van der Waals surface area (Å²) in [6.45, 7) is 1.92. The Hall–Kier alpha value is -2.17. The van der Waals surface area contributed by atoms with Crippen LogP contribution in [0.15, 0.2) is 30.6 Å². The number of nitrogens with zero attached hydrogens (tertiary/aromatic N) is 3. The summed E-state index contributed by atoms with van der Waals surface area (Å²) in [5, 5.41) is 11.5. The predicted molar refractivity (Wildman–Crippen MR) is 57.1 cm³/mol. The summed E-state index contributed by atoms with van der Waals surface area (Å²) in [6.07, 6.45) is 3.40. The van der Waals surface area contributed by atoms with Gasteiger partial charge in [0.1, 0.15) is 5.84 Å². The van der Waals surface area contributed by atoms with Crippen molar-refractivity contribution in [1.82, 2.24) is 14.8 Å². The standard InChI is InChI=1S/C10H11N5/c1-7-4-5-15(14-7)9-3-2-8(6-13-9)10(11)12/h2-6H,1H3,(H3,11,12). The quantitative estimate of drug-likeness (QED) is 0.558. The molecule has 2 aromatic rings. The lowest BCUT2D eigenvalue weighted by atomic mass is 10.2. The minimum atomic E-state index is 0.0192. The van der Waals surface area contributed by atoms with Crippen LogP contribution >= 0.6 is 0 Å². The number of aryl methyl sites for hydroxylation is 1. The number of hydrogen-bond acceptors (Lipinski definition) is 3. The van der Waals surface area contributed by atoms with E-state index >= 15 is 0 Å². The van der Waals surface area contributed by atoms with Crippen molar-refractivity contribution in [3.05, 3.63) is 41.9 Å². The molecule has 0 bridgehead atoms. The van der Waals surface area contributed by atoms with Gasteiger partial charge in [-0.2, -0.15) is 5.10 Å². The molecule has 0 aromatic carbocycles. The summed E-state index contributed by atoms with van der Waals surface area (Å²) >= 11 is 0. The summed E-state index contributed by atoms with van der Waals surface area (Å²) in [6, 6.07) is 5.44. The van der Waals surface area contributed by atoms with E-state index < -0.39 is 0 Å². The van der Waals surface area contributed by atoms with E-state index in [0.29, 0.717) is 11.4 Å². The number of hydrogen-bond donors (Lipinski definition) is 2. The Kier molecular flexibility index (Phi) is 2.21. The van der Waals surface area contributed by atoms with Crippen LogP contribution < -0.4 is 5.73 Å². The van der Waals surface area contributed by atoms with Crippen LogP contribution in [-0.2, 0) is 0 Å². The van der Waals surface area contributed by atoms with Gasteiger partial charge in [0.05, 0.1) is 5.69 Å². The van der Waals surface area contributed by atoms with Gasteiger partial charge in [0, 0.05) is 18.0 Å². The third-order valence-electron chi connectivity index (χ3n) is 2.02. The van der Waals surface area contributed by atoms with E-state index in [1.807, 2.05) is 19.2 Å². The maximum atomic E-state index is 7.23. The average molecular weight is 201 g/mol. The number of amidine groups is 1. The molecular formula is C10H11N5. The zero-order valence-electron chi connectivity index (χ0n) is 8.31. The lowest BCUT2D eigenvalue weighted by Crippen LogP contribution is -2.11. The Morgan fingerprint density at radius 3 is 2.67 bits per heavy atom. The van der Waals surface area contributed by atoms with Crippen molar-refractivity contribution in [2.24, 2.45) is 5.73 Å². The number of aromatic nitrogens is 3. The van der Waals surface area contributed by atoms with Gasteiger partial charge in [-0.15, -0.1) is 0 Å². The van der Waals surface area contributed by atoms with Gasteiger partial charge < -0.3 is 5.73 Å². The Morgan fingerprint density at radius 2 is 2.20 bits per heavy atom. The molecule has 0 amide bonds. The number of nitrogens with two attached hydrogens (primary N) is 1. The Labute approximate surface area is 87.1 Å². The zero-order chi connectivity index (χ0) is 10.8. The SMILES string of the molecule is Cc1ccn(-c2ccc(C(=N)N)cn2)n1. The highest BCUT2D eigenvalue weighted by Gasteiger charge is 2.01. The van der Waals surface area contributed by atoms with Gasteiger partial charge in [0.15, 0.2) is 5.82 Å². The van der Waals surface area contributed by atoms with Crippen LogP contribution in [0.2, 0.25) is 0 Å². The van der Waals surface area contributed by atoms with Crippen LogP contribution in [0.5, 0.6) is 0 Å². The van der Waals surface area contributed by atoms with Crippen molar-refractivity contribution in [2.75, 3.05) is 0 Å². The van der Waals surface area contributed by atoms with E-state index in [0.717, 1.165) is 5.69 Å². The van der Waals surface area contributed by atoms with Crippen molar-refractivity contribution in [3.63, 3.8) is 0 Å². The average Bonchev–Trinajstić information content (AvgIpc) is 2.65. The molecule has 0 saturated heterocycles. The number of nitrogens with one attached hydrogen (secondary N) is 1. The van der Waals surface area contributed by atoms with Gasteiger partial charge in [-0.25, -0.2) is 9.67 Å². The first-order chi connectivity index (χ1) is 7.16. The van der Waals surface area contributed by atoms with E-state index in [4.69, 9.17) is 11.1 Å². The largest absolute Gasteiger partial charge is 0.384 e. The third kappa shape index (κ3) is 1.85. The van der Waals surface area contributed by atoms with Crippen LogP contribution in [0.4, 0.5) is 0 Å². The highest BCUT2D eigenvalue weighted by Crippen LogP contribution is 2.05. The molecule has 2 aromatic heterocycles. The first kappa shape index (κ1) is 9.39. The first-order valence-corrected chi connectivity index (χ1v) is 4.50. The zero-order valence-corrected chi connectivity index (χ0v) is 8.31. The maximum Gasteiger partial charge on any atom is 0.153 e. The van der Waals surface area contributed by atoms with Crippen LogP contribution in [-0.4, -0.2) is 20.6 Å². The normalized spacial score (nSPS) is 10.2. The van der Waals surface area contributed by atoms with Crippen molar-refractivity contribution in [2.45, 2.75) is 6.92 Å². The van der Waals surface area contributed by atoms with Crippen LogP contribution in [0.25, 0.3) is 5.82 Å². The molecular weight excluding hydrogens is 190 g/mol. The van der Waals surface area contributed by atoms with Crippen LogP contribution in [0.3, 0.4) is 0 Å². The van der Waals surface area contributed by atoms with Crippen molar-refractivity contribution in [3.8, 4) is 5.82 Å². The molecule has 5 nitrogen and oxygen atoms in total. The lowest BCUT2D eigenvalue weighted by molar-refractivity contribution is 0.832. The second-order valence-corrected chi connectivity index (χ2v) is 3.22. The molecule has 0 fully saturated rings. The minimum absolute atomic E-state index is 0.0192. The minimum Gasteiger partial charge on any atom is -0.384 e. The predicted octanol–water partition coefficient (Wildman–Crippen LogP) is 0.860. The summed E-state index contributed by atoms with van der Waals surface area (Å²) in [5.41, 5.74) is 6.88. The molecule has 0 aliphatic rings. The molecule has 76 valence electrons. The molecule has 15 heavy (non-hydrogen) atoms. The van der Waals surface area contributed by atoms with Crippen LogP contribution in [0, 0.1) is 12.3 Å². The summed E-state index contributed by atoms with van der Waals surface area (Å²) in [7, 11) is 0. The highest BCUT2D eigenvalue weighted by molar-refractivity contribution is 5.94. The molecule has 0 unspecified atom stereocenters. The van der Waals surface area contributed by atoms with Gasteiger partial charge in [0.25, 0.3) is 0 Å². The van der Waals surface area contributed by atoms with Crippen molar-refractivity contribution in [1.29, 1.82) is 5.41 Å². The first-order valence-electron chi connectivity index (χ1n) is 4.50. The van der Waals surface area contributed by atoms with E-state index in [2.05, 4.69) is 10.1 Å². The van der Waals surface area contributed by atoms with Gasteiger partial charge in [-0.3, -0.25) is 5.41 Å². The fraction of sp³-hybridized carbons (Fsp3) is 0.100. The molecule has 3 N–H and O–H groups in total. The molecule has 0 saturated carbocycles. The smallest absolute Gasteiger partial charge is 0.153 e. The fourth-order valence-electron chi connectivity index (χ4n) is 1.22. The lowest BCUT2D eigenvalue weighted by Gasteiger charge is -2.01. The molecule has 2 rings (SSSR count). The molecule has 5 heteroatoms. The molecule has 0 radical (unpaired) electrons. The second-order valence-electron chi connectivity index (χ2n) is 3.22. The van der Waals surface area contributed by atoms with Crippen LogP contribution in [0.1, 0.15) is 11.3 Å². The molecule has 0 aliphatic carbocycles. The Bertz CT molecular complexity index is 483. The van der Waals surface area contributed by atoms with E-state index in [9.17, 15) is 0 Å². The van der Waals surface area contributed by atoms with Gasteiger partial charge >= 0.3 is 0 Å². The summed E-state index contributed by atoms with van der Waals surface area (Å²) in [5.74, 6) is 0.735. The van der Waals surface area contributed by atoms with Crippen molar-refractivity contribution < 1.29 is 0 Å². The van der Waals surface area contributed by atoms with Gasteiger partial charge in [0.2, 0.25) is 0 Å². The Balaban J connectivity index is 2.35. The molecule has 0 spiro atoms. The monoisotopic (exact) mass is 201 g/mol. The molecule has 0 aliphatic heterocycles. The number of pyridine rings is 1. The van der Waals surface area contributed by atoms with E-state index in [-0.39, 0.29) is 5.84 Å². The highest BCUT2D eigenvalue weighted by atomic mass is 15.3. The summed E-state index contributed by atoms with van der Waals surface area (Å²) in [4.78, 5) is 4.16. The van der Waals surface area contributed by atoms with E-state index in [1.54, 1.807) is 23.0 Å². The number of rotatable bonds is 2. The topological polar surface area (TPSA) is 80.6 Å². The van der Waals surface area contributed by atoms with E-state index in [1.165, 1.54) is 0 Å². The fourth-order valence-corrected chi connectivity index (χ4v) is 1.22.